The zero-order valence-corrected chi connectivity index (χ0v) is 21.5. The number of rotatable bonds is 14. The van der Waals surface area contributed by atoms with Crippen LogP contribution in [0.15, 0.2) is 60.3 Å². The number of aryl methyl sites for hydroxylation is 1. The van der Waals surface area contributed by atoms with Crippen LogP contribution in [0.5, 0.6) is 5.75 Å². The molecule has 0 radical (unpaired) electrons. The maximum atomic E-state index is 13.8. The first-order valence-corrected chi connectivity index (χ1v) is 14.0. The molecule has 188 valence electrons. The maximum Gasteiger partial charge on any atom is 0.192 e. The van der Waals surface area contributed by atoms with Gasteiger partial charge in [-0.1, -0.05) is 30.3 Å². The summed E-state index contributed by atoms with van der Waals surface area (Å²) in [6.45, 7) is 2.61. The Bertz CT molecular complexity index is 1170. The van der Waals surface area contributed by atoms with Crippen LogP contribution in [0.2, 0.25) is 0 Å². The van der Waals surface area contributed by atoms with Crippen molar-refractivity contribution < 1.29 is 17.9 Å². The van der Waals surface area contributed by atoms with Crippen LogP contribution >= 0.6 is 0 Å². The second-order valence-corrected chi connectivity index (χ2v) is 11.2. The predicted molar refractivity (Wildman–Crippen MR) is 141 cm³/mol. The van der Waals surface area contributed by atoms with E-state index in [1.54, 1.807) is 13.3 Å². The third-order valence-corrected chi connectivity index (χ3v) is 6.91. The molecule has 3 rings (SSSR count). The molecule has 1 aliphatic rings. The molecule has 1 fully saturated rings. The molecule has 1 aliphatic carbocycles. The Morgan fingerprint density at radius 2 is 1.91 bits per heavy atom. The molecule has 2 aromatic rings. The van der Waals surface area contributed by atoms with Crippen molar-refractivity contribution in [3.05, 3.63) is 71.4 Å². The van der Waals surface area contributed by atoms with Gasteiger partial charge in [-0.15, -0.1) is 0 Å². The van der Waals surface area contributed by atoms with Crippen molar-refractivity contribution in [1.29, 1.82) is 5.41 Å². The first-order chi connectivity index (χ1) is 16.7. The quantitative estimate of drug-likeness (QED) is 0.265. The minimum Gasteiger partial charge on any atom is -0.497 e. The van der Waals surface area contributed by atoms with Gasteiger partial charge in [-0.3, -0.25) is 4.79 Å². The van der Waals surface area contributed by atoms with Gasteiger partial charge >= 0.3 is 0 Å². The van der Waals surface area contributed by atoms with Crippen molar-refractivity contribution in [2.24, 2.45) is 5.92 Å². The molecule has 0 saturated heterocycles. The summed E-state index contributed by atoms with van der Waals surface area (Å²) in [5, 5.41) is 15.1. The number of carbonyl (C=O) groups excluding carboxylic acids is 1. The zero-order chi connectivity index (χ0) is 25.4. The summed E-state index contributed by atoms with van der Waals surface area (Å²) < 4.78 is 28.5. The fourth-order valence-electron chi connectivity index (χ4n) is 3.89. The van der Waals surface area contributed by atoms with Gasteiger partial charge in [0.2, 0.25) is 0 Å². The van der Waals surface area contributed by atoms with Gasteiger partial charge in [0.15, 0.2) is 5.78 Å². The van der Waals surface area contributed by atoms with E-state index >= 15 is 0 Å². The van der Waals surface area contributed by atoms with E-state index in [-0.39, 0.29) is 17.5 Å². The lowest BCUT2D eigenvalue weighted by Gasteiger charge is -2.22. The monoisotopic (exact) mass is 497 g/mol. The number of Topliss-reactive ketones (excluding diaryl/α,β-unsaturated/α-hetero) is 1. The molecule has 1 unspecified atom stereocenters. The number of benzene rings is 2. The molecule has 0 aliphatic heterocycles. The topological polar surface area (TPSA) is 108 Å². The van der Waals surface area contributed by atoms with Crippen LogP contribution in [-0.4, -0.2) is 45.6 Å². The Morgan fingerprint density at radius 3 is 2.51 bits per heavy atom. The van der Waals surface area contributed by atoms with Crippen LogP contribution < -0.4 is 15.4 Å². The Morgan fingerprint density at radius 1 is 1.20 bits per heavy atom. The fourth-order valence-corrected chi connectivity index (χ4v) is 4.56. The van der Waals surface area contributed by atoms with E-state index in [4.69, 9.17) is 10.1 Å². The summed E-state index contributed by atoms with van der Waals surface area (Å²) >= 11 is 0. The lowest BCUT2D eigenvalue weighted by atomic mass is 9.93. The van der Waals surface area contributed by atoms with E-state index in [1.807, 2.05) is 55.5 Å². The Hall–Kier alpha value is -3.13. The first kappa shape index (κ1) is 26.5. The van der Waals surface area contributed by atoms with Crippen molar-refractivity contribution in [2.45, 2.75) is 38.6 Å². The average Bonchev–Trinajstić information content (AvgIpc) is 3.67. The number of anilines is 1. The maximum absolute atomic E-state index is 13.8. The number of sulfone groups is 1. The van der Waals surface area contributed by atoms with Crippen LogP contribution in [0.4, 0.5) is 5.69 Å². The highest BCUT2D eigenvalue weighted by Gasteiger charge is 2.34. The highest BCUT2D eigenvalue weighted by Crippen LogP contribution is 2.35. The fraction of sp³-hybridized carbons (Fsp3) is 0.407. The van der Waals surface area contributed by atoms with Crippen LogP contribution in [0.3, 0.4) is 0 Å². The van der Waals surface area contributed by atoms with Gasteiger partial charge in [0.05, 0.1) is 18.4 Å². The number of methoxy groups -OCH3 is 1. The molecule has 1 saturated carbocycles. The minimum absolute atomic E-state index is 0.111. The third-order valence-electron chi connectivity index (χ3n) is 5.88. The van der Waals surface area contributed by atoms with Gasteiger partial charge in [0.1, 0.15) is 21.6 Å². The van der Waals surface area contributed by atoms with E-state index in [2.05, 4.69) is 10.6 Å². The van der Waals surface area contributed by atoms with Gasteiger partial charge in [0, 0.05) is 42.4 Å². The molecule has 2 aromatic carbocycles. The smallest absolute Gasteiger partial charge is 0.192 e. The van der Waals surface area contributed by atoms with E-state index in [0.717, 1.165) is 24.0 Å². The Labute approximate surface area is 208 Å². The van der Waals surface area contributed by atoms with Crippen molar-refractivity contribution in [2.75, 3.05) is 31.0 Å². The number of carbonyl (C=O) groups is 1. The normalized spacial score (nSPS) is 14.8. The van der Waals surface area contributed by atoms with Crippen molar-refractivity contribution in [3.8, 4) is 5.75 Å². The number of nitrogens with one attached hydrogen (secondary N) is 3. The van der Waals surface area contributed by atoms with Crippen LogP contribution in [0.25, 0.3) is 0 Å². The van der Waals surface area contributed by atoms with Gasteiger partial charge in [-0.2, -0.15) is 0 Å². The highest BCUT2D eigenvalue weighted by molar-refractivity contribution is 7.90. The summed E-state index contributed by atoms with van der Waals surface area (Å²) in [4.78, 5) is 13.8. The number of ether oxygens (including phenoxy) is 1. The van der Waals surface area contributed by atoms with Crippen LogP contribution in [0.1, 0.15) is 43.4 Å². The average molecular weight is 498 g/mol. The SMILES string of the molecule is CCN/C=C(\C(=N)C1CC1)C(=O)C(Nc1cc(CCCS(C)(=O)=O)cc(OC)c1)c1ccccc1. The van der Waals surface area contributed by atoms with Crippen molar-refractivity contribution in [3.63, 3.8) is 0 Å². The van der Waals surface area contributed by atoms with Crippen molar-refractivity contribution >= 4 is 27.0 Å². The standard InChI is InChI=1S/C27H35N3O4S/c1-4-29-18-24(25(28)20-12-13-20)27(31)26(21-10-6-5-7-11-21)30-22-15-19(16-23(17-22)34-2)9-8-14-35(3,32)33/h5-7,10-11,15-18,20,26,28-30H,4,8-9,12-14H2,1-3H3/b24-18+,28-25?. The number of hydrogen-bond acceptors (Lipinski definition) is 7. The van der Waals surface area contributed by atoms with Crippen molar-refractivity contribution in [1.82, 2.24) is 5.32 Å². The number of hydrogen-bond donors (Lipinski definition) is 3. The molecule has 0 amide bonds. The molecule has 3 N–H and O–H groups in total. The molecule has 1 atom stereocenters. The van der Waals surface area contributed by atoms with Crippen LogP contribution in [0, 0.1) is 11.3 Å². The highest BCUT2D eigenvalue weighted by atomic mass is 32.2. The third kappa shape index (κ3) is 7.96. The minimum atomic E-state index is -3.04. The second kappa shape index (κ2) is 12.0. The summed E-state index contributed by atoms with van der Waals surface area (Å²) in [5.74, 6) is 0.701. The Kier molecular flexibility index (Phi) is 9.09. The Balaban J connectivity index is 1.93. The van der Waals surface area contributed by atoms with Gasteiger partial charge in [-0.25, -0.2) is 8.42 Å². The lowest BCUT2D eigenvalue weighted by Crippen LogP contribution is -2.28. The molecule has 7 nitrogen and oxygen atoms in total. The molecule has 8 heteroatoms. The van der Waals surface area contributed by atoms with Gasteiger partial charge < -0.3 is 20.8 Å². The zero-order valence-electron chi connectivity index (χ0n) is 20.6. The molecular weight excluding hydrogens is 462 g/mol. The second-order valence-electron chi connectivity index (χ2n) is 8.96. The molecule has 0 spiro atoms. The summed E-state index contributed by atoms with van der Waals surface area (Å²) in [6.07, 6.45) is 5.85. The van der Waals surface area contributed by atoms with E-state index in [1.165, 1.54) is 6.26 Å². The van der Waals surface area contributed by atoms with E-state index < -0.39 is 15.9 Å². The van der Waals surface area contributed by atoms with E-state index in [9.17, 15) is 13.2 Å². The summed E-state index contributed by atoms with van der Waals surface area (Å²) in [7, 11) is -1.46. The van der Waals surface area contributed by atoms with Gasteiger partial charge in [-0.05, 0) is 55.9 Å². The number of ketones is 1. The molecule has 0 heterocycles. The first-order valence-electron chi connectivity index (χ1n) is 12.0. The summed E-state index contributed by atoms with van der Waals surface area (Å²) in [5.41, 5.74) is 3.19. The van der Waals surface area contributed by atoms with Crippen LogP contribution in [-0.2, 0) is 21.1 Å². The molecule has 0 bridgehead atoms. The molecule has 0 aromatic heterocycles. The predicted octanol–water partition coefficient (Wildman–Crippen LogP) is 4.32. The largest absolute Gasteiger partial charge is 0.497 e. The summed E-state index contributed by atoms with van der Waals surface area (Å²) in [6, 6.07) is 14.4. The van der Waals surface area contributed by atoms with Gasteiger partial charge in [0.25, 0.3) is 0 Å². The lowest BCUT2D eigenvalue weighted by molar-refractivity contribution is -0.116. The molecule has 35 heavy (non-hydrogen) atoms. The van der Waals surface area contributed by atoms with E-state index in [0.29, 0.717) is 42.1 Å². The molecular formula is C27H35N3O4S.